The Hall–Kier alpha value is -0.340. The number of ether oxygens (including phenoxy) is 1. The summed E-state index contributed by atoms with van der Waals surface area (Å²) in [6.07, 6.45) is 1.00. The van der Waals surface area contributed by atoms with Gasteiger partial charge in [-0.2, -0.15) is 0 Å². The molecule has 2 heteroatoms. The van der Waals surface area contributed by atoms with Gasteiger partial charge in [0.1, 0.15) is 0 Å². The molecule has 0 atom stereocenters. The molecule has 2 N–H and O–H groups in total. The molecule has 0 amide bonds. The van der Waals surface area contributed by atoms with E-state index in [0.717, 1.165) is 6.42 Å². The third-order valence-electron chi connectivity index (χ3n) is 2.68. The van der Waals surface area contributed by atoms with Gasteiger partial charge >= 0.3 is 0 Å². The smallest absolute Gasteiger partial charge is 0.0846 e. The molecule has 1 aliphatic rings. The van der Waals surface area contributed by atoms with Gasteiger partial charge in [0, 0.05) is 6.54 Å². The van der Waals surface area contributed by atoms with E-state index in [2.05, 4.69) is 34.6 Å². The maximum Gasteiger partial charge on any atom is 0.0846 e. The third kappa shape index (κ3) is 2.12. The molecule has 1 rings (SSSR count). The molecule has 0 aromatic heterocycles. The molecule has 1 saturated heterocycles. The zero-order chi connectivity index (χ0) is 10.3. The van der Waals surface area contributed by atoms with Crippen LogP contribution in [0.15, 0.2) is 11.1 Å². The summed E-state index contributed by atoms with van der Waals surface area (Å²) in [6, 6.07) is 0. The van der Waals surface area contributed by atoms with Crippen molar-refractivity contribution in [3.63, 3.8) is 0 Å². The summed E-state index contributed by atoms with van der Waals surface area (Å²) in [5.41, 5.74) is 8.13. The van der Waals surface area contributed by atoms with E-state index in [-0.39, 0.29) is 11.2 Å². The van der Waals surface area contributed by atoms with Crippen LogP contribution in [0.5, 0.6) is 0 Å². The standard InChI is InChI=1S/C11H21NO/c1-8(7-12)9-6-10(2,3)13-11(9,4)5/h6-7,12H2,1-5H3. The minimum absolute atomic E-state index is 0.0325. The zero-order valence-electron chi connectivity index (χ0n) is 9.40. The molecule has 0 aromatic carbocycles. The molecule has 1 heterocycles. The molecule has 0 bridgehead atoms. The van der Waals surface area contributed by atoms with Crippen molar-refractivity contribution in [2.75, 3.05) is 6.54 Å². The molecule has 0 aromatic rings. The van der Waals surface area contributed by atoms with Crippen LogP contribution in [0.1, 0.15) is 41.0 Å². The second-order valence-corrected chi connectivity index (χ2v) is 5.01. The van der Waals surface area contributed by atoms with Crippen LogP contribution in [0.4, 0.5) is 0 Å². The van der Waals surface area contributed by atoms with Crippen LogP contribution in [0.25, 0.3) is 0 Å². The van der Waals surface area contributed by atoms with Gasteiger partial charge in [-0.1, -0.05) is 5.57 Å². The Kier molecular flexibility index (Phi) is 2.56. The van der Waals surface area contributed by atoms with Crippen molar-refractivity contribution in [2.45, 2.75) is 52.2 Å². The molecule has 0 spiro atoms. The Balaban J connectivity index is 3.02. The summed E-state index contributed by atoms with van der Waals surface area (Å²) >= 11 is 0. The van der Waals surface area contributed by atoms with Crippen LogP contribution in [0.3, 0.4) is 0 Å². The lowest BCUT2D eigenvalue weighted by molar-refractivity contribution is -0.0568. The maximum absolute atomic E-state index is 5.96. The molecule has 0 aliphatic carbocycles. The van der Waals surface area contributed by atoms with E-state index in [1.165, 1.54) is 11.1 Å². The van der Waals surface area contributed by atoms with E-state index < -0.39 is 0 Å². The molecule has 2 nitrogen and oxygen atoms in total. The van der Waals surface area contributed by atoms with Crippen LogP contribution in [-0.4, -0.2) is 17.7 Å². The average molecular weight is 183 g/mol. The van der Waals surface area contributed by atoms with Gasteiger partial charge in [-0.25, -0.2) is 0 Å². The predicted molar refractivity (Wildman–Crippen MR) is 55.6 cm³/mol. The lowest BCUT2D eigenvalue weighted by atomic mass is 9.90. The molecule has 13 heavy (non-hydrogen) atoms. The van der Waals surface area contributed by atoms with Crippen LogP contribution >= 0.6 is 0 Å². The maximum atomic E-state index is 5.96. The van der Waals surface area contributed by atoms with Gasteiger partial charge in [-0.3, -0.25) is 0 Å². The van der Waals surface area contributed by atoms with Crippen molar-refractivity contribution in [1.29, 1.82) is 0 Å². The van der Waals surface area contributed by atoms with E-state index in [1.807, 2.05) is 0 Å². The summed E-state index contributed by atoms with van der Waals surface area (Å²) in [6.45, 7) is 11.2. The van der Waals surface area contributed by atoms with Gasteiger partial charge < -0.3 is 10.5 Å². The minimum Gasteiger partial charge on any atom is -0.365 e. The van der Waals surface area contributed by atoms with E-state index in [9.17, 15) is 0 Å². The minimum atomic E-state index is -0.132. The highest BCUT2D eigenvalue weighted by molar-refractivity contribution is 5.27. The zero-order valence-corrected chi connectivity index (χ0v) is 9.40. The molecule has 0 unspecified atom stereocenters. The van der Waals surface area contributed by atoms with Crippen molar-refractivity contribution in [1.82, 2.24) is 0 Å². The number of nitrogens with two attached hydrogens (primary N) is 1. The van der Waals surface area contributed by atoms with E-state index in [1.54, 1.807) is 0 Å². The molecule has 1 aliphatic heterocycles. The van der Waals surface area contributed by atoms with Crippen LogP contribution < -0.4 is 5.73 Å². The summed E-state index contributed by atoms with van der Waals surface area (Å²) < 4.78 is 5.96. The Labute approximate surface area is 81.1 Å². The quantitative estimate of drug-likeness (QED) is 0.633. The van der Waals surface area contributed by atoms with Crippen LogP contribution in [-0.2, 0) is 4.74 Å². The van der Waals surface area contributed by atoms with Crippen molar-refractivity contribution >= 4 is 0 Å². The number of hydrogen-bond donors (Lipinski definition) is 1. The summed E-state index contributed by atoms with van der Waals surface area (Å²) in [5, 5.41) is 0. The Morgan fingerprint density at radius 2 is 1.92 bits per heavy atom. The van der Waals surface area contributed by atoms with Gasteiger partial charge in [0.2, 0.25) is 0 Å². The topological polar surface area (TPSA) is 35.2 Å². The normalized spacial score (nSPS) is 29.1. The molecule has 0 radical (unpaired) electrons. The van der Waals surface area contributed by atoms with Crippen molar-refractivity contribution < 1.29 is 4.74 Å². The highest BCUT2D eigenvalue weighted by Crippen LogP contribution is 2.42. The average Bonchev–Trinajstić information content (AvgIpc) is 2.17. The van der Waals surface area contributed by atoms with Crippen molar-refractivity contribution in [3.05, 3.63) is 11.1 Å². The second-order valence-electron chi connectivity index (χ2n) is 5.01. The van der Waals surface area contributed by atoms with Crippen LogP contribution in [0, 0.1) is 0 Å². The second kappa shape index (κ2) is 3.10. The van der Waals surface area contributed by atoms with E-state index in [0.29, 0.717) is 6.54 Å². The summed E-state index contributed by atoms with van der Waals surface area (Å²) in [7, 11) is 0. The monoisotopic (exact) mass is 183 g/mol. The fraction of sp³-hybridized carbons (Fsp3) is 0.818. The predicted octanol–water partition coefficient (Wildman–Crippen LogP) is 2.24. The molecule has 76 valence electrons. The van der Waals surface area contributed by atoms with Gasteiger partial charge in [-0.05, 0) is 46.6 Å². The Morgan fingerprint density at radius 1 is 1.38 bits per heavy atom. The molecule has 1 fully saturated rings. The first-order chi connectivity index (χ1) is 5.78. The van der Waals surface area contributed by atoms with Gasteiger partial charge in [0.25, 0.3) is 0 Å². The first-order valence-electron chi connectivity index (χ1n) is 4.88. The molecular formula is C11H21NO. The third-order valence-corrected chi connectivity index (χ3v) is 2.68. The number of hydrogen-bond acceptors (Lipinski definition) is 2. The fourth-order valence-corrected chi connectivity index (χ4v) is 2.21. The molecular weight excluding hydrogens is 162 g/mol. The molecule has 0 saturated carbocycles. The van der Waals surface area contributed by atoms with Gasteiger partial charge in [0.05, 0.1) is 11.2 Å². The van der Waals surface area contributed by atoms with Crippen LogP contribution in [0.2, 0.25) is 0 Å². The van der Waals surface area contributed by atoms with E-state index >= 15 is 0 Å². The largest absolute Gasteiger partial charge is 0.365 e. The first-order valence-corrected chi connectivity index (χ1v) is 4.88. The van der Waals surface area contributed by atoms with Gasteiger partial charge in [-0.15, -0.1) is 0 Å². The number of rotatable bonds is 1. The Bertz CT molecular complexity index is 238. The lowest BCUT2D eigenvalue weighted by Crippen LogP contribution is -2.26. The fourth-order valence-electron chi connectivity index (χ4n) is 2.21. The van der Waals surface area contributed by atoms with E-state index in [4.69, 9.17) is 10.5 Å². The lowest BCUT2D eigenvalue weighted by Gasteiger charge is -2.24. The first kappa shape index (κ1) is 10.7. The summed E-state index contributed by atoms with van der Waals surface area (Å²) in [5.74, 6) is 0. The van der Waals surface area contributed by atoms with Crippen molar-refractivity contribution in [2.24, 2.45) is 5.73 Å². The highest BCUT2D eigenvalue weighted by Gasteiger charge is 2.42. The summed E-state index contributed by atoms with van der Waals surface area (Å²) in [4.78, 5) is 0. The van der Waals surface area contributed by atoms with Crippen molar-refractivity contribution in [3.8, 4) is 0 Å². The van der Waals surface area contributed by atoms with Gasteiger partial charge in [0.15, 0.2) is 0 Å². The highest BCUT2D eigenvalue weighted by atomic mass is 16.5. The Morgan fingerprint density at radius 3 is 2.23 bits per heavy atom. The SMILES string of the molecule is CC(CN)=C1CC(C)(C)OC1(C)C.